The van der Waals surface area contributed by atoms with E-state index in [1.54, 1.807) is 6.92 Å². The van der Waals surface area contributed by atoms with Crippen LogP contribution in [0.3, 0.4) is 0 Å². The maximum absolute atomic E-state index is 13.2. The second kappa shape index (κ2) is 10.0. The Bertz CT molecular complexity index is 1260. The smallest absolute Gasteiger partial charge is 0.341 e. The van der Waals surface area contributed by atoms with Crippen molar-refractivity contribution >= 4 is 40.0 Å². The first-order chi connectivity index (χ1) is 17.4. The van der Waals surface area contributed by atoms with Crippen molar-refractivity contribution in [3.05, 3.63) is 40.3 Å². The fourth-order valence-electron chi connectivity index (χ4n) is 5.87. The van der Waals surface area contributed by atoms with E-state index in [2.05, 4.69) is 11.4 Å². The van der Waals surface area contributed by atoms with Gasteiger partial charge in [0.2, 0.25) is 17.7 Å². The summed E-state index contributed by atoms with van der Waals surface area (Å²) in [6.07, 6.45) is 1.92. The molecule has 2 aromatic rings. The molecule has 4 rings (SSSR count). The van der Waals surface area contributed by atoms with E-state index in [0.29, 0.717) is 23.4 Å². The van der Waals surface area contributed by atoms with E-state index >= 15 is 0 Å². The van der Waals surface area contributed by atoms with Gasteiger partial charge in [-0.3, -0.25) is 19.3 Å². The number of carbonyl (C=O) groups is 4. The van der Waals surface area contributed by atoms with E-state index in [9.17, 15) is 19.2 Å². The van der Waals surface area contributed by atoms with Crippen LogP contribution in [0.5, 0.6) is 0 Å². The fourth-order valence-corrected chi connectivity index (χ4v) is 6.83. The van der Waals surface area contributed by atoms with Gasteiger partial charge in [-0.2, -0.15) is 0 Å². The van der Waals surface area contributed by atoms with Crippen LogP contribution in [0, 0.1) is 30.6 Å². The first kappa shape index (κ1) is 27.0. The molecule has 0 radical (unpaired) electrons. The number of aryl methyl sites for hydroxylation is 2. The number of benzene rings is 1. The van der Waals surface area contributed by atoms with Crippen LogP contribution in [0.2, 0.25) is 0 Å². The third kappa shape index (κ3) is 4.60. The molecule has 3 amide bonds. The molecule has 1 aromatic heterocycles. The Balaban J connectivity index is 1.46. The topological polar surface area (TPSA) is 92.8 Å². The number of esters is 1. The molecule has 0 spiro atoms. The second-order valence-electron chi connectivity index (χ2n) is 11.0. The number of nitrogens with zero attached hydrogens (tertiary/aromatic N) is 1. The molecule has 1 N–H and O–H groups in total. The molecule has 2 unspecified atom stereocenters. The number of rotatable bonds is 8. The SMILES string of the molecule is CCOC(=O)c1c(-c2ccc(C)cc2C)csc1NC(=O)CCCN1C(=O)C2CCC(C)(C1=O)C2(C)C. The Morgan fingerprint density at radius 2 is 1.89 bits per heavy atom. The van der Waals surface area contributed by atoms with Crippen molar-refractivity contribution in [3.63, 3.8) is 0 Å². The summed E-state index contributed by atoms with van der Waals surface area (Å²) in [6, 6.07) is 6.02. The summed E-state index contributed by atoms with van der Waals surface area (Å²) in [5, 5.41) is 5.18. The number of hydrogen-bond acceptors (Lipinski definition) is 6. The zero-order valence-electron chi connectivity index (χ0n) is 22.5. The van der Waals surface area contributed by atoms with E-state index < -0.39 is 11.4 Å². The summed E-state index contributed by atoms with van der Waals surface area (Å²) in [4.78, 5) is 53.4. The van der Waals surface area contributed by atoms with Crippen LogP contribution in [-0.4, -0.2) is 41.7 Å². The number of nitrogens with one attached hydrogen (secondary N) is 1. The molecule has 198 valence electrons. The highest BCUT2D eigenvalue weighted by Gasteiger charge is 2.64. The summed E-state index contributed by atoms with van der Waals surface area (Å²) in [6.45, 7) is 12.2. The second-order valence-corrected chi connectivity index (χ2v) is 11.9. The highest BCUT2D eigenvalue weighted by Crippen LogP contribution is 2.60. The molecule has 7 nitrogen and oxygen atoms in total. The predicted molar refractivity (Wildman–Crippen MR) is 144 cm³/mol. The number of carbonyl (C=O) groups excluding carboxylic acids is 4. The summed E-state index contributed by atoms with van der Waals surface area (Å²) in [7, 11) is 0. The highest BCUT2D eigenvalue weighted by molar-refractivity contribution is 7.15. The van der Waals surface area contributed by atoms with Gasteiger partial charge in [-0.05, 0) is 56.6 Å². The van der Waals surface area contributed by atoms with Gasteiger partial charge in [0, 0.05) is 29.8 Å². The first-order valence-electron chi connectivity index (χ1n) is 12.9. The first-order valence-corrected chi connectivity index (χ1v) is 13.8. The fraction of sp³-hybridized carbons (Fsp3) is 0.517. The minimum Gasteiger partial charge on any atom is -0.462 e. The number of fused-ring (bicyclic) bond motifs is 2. The minimum atomic E-state index is -0.552. The van der Waals surface area contributed by atoms with Crippen LogP contribution >= 0.6 is 11.3 Å². The number of thiophene rings is 1. The Hall–Kier alpha value is -3.00. The summed E-state index contributed by atoms with van der Waals surface area (Å²) in [5.74, 6) is -1.16. The summed E-state index contributed by atoms with van der Waals surface area (Å²) in [5.41, 5.74) is 3.24. The van der Waals surface area contributed by atoms with Gasteiger partial charge in [-0.15, -0.1) is 11.3 Å². The lowest BCUT2D eigenvalue weighted by Gasteiger charge is -2.47. The van der Waals surface area contributed by atoms with E-state index in [4.69, 9.17) is 4.74 Å². The van der Waals surface area contributed by atoms with E-state index in [-0.39, 0.29) is 48.6 Å². The monoisotopic (exact) mass is 524 g/mol. The number of anilines is 1. The number of likely N-dealkylation sites (tertiary alicyclic amines) is 1. The number of amides is 3. The van der Waals surface area contributed by atoms with Gasteiger partial charge in [-0.1, -0.05) is 44.5 Å². The standard InChI is InChI=1S/C29H36N2O5S/c1-7-36-26(34)23-20(19-11-10-17(2)15-18(19)3)16-37-24(23)30-22(32)9-8-14-31-25(33)21-12-13-29(6,27(31)35)28(21,4)5/h10-11,15-16,21H,7-9,12-14H2,1-6H3,(H,30,32). The van der Waals surface area contributed by atoms with Crippen LogP contribution < -0.4 is 5.32 Å². The third-order valence-electron chi connectivity index (χ3n) is 8.49. The Kier molecular flexibility index (Phi) is 7.34. The van der Waals surface area contributed by atoms with Crippen molar-refractivity contribution < 1.29 is 23.9 Å². The molecule has 2 bridgehead atoms. The van der Waals surface area contributed by atoms with Crippen molar-refractivity contribution in [3.8, 4) is 11.1 Å². The van der Waals surface area contributed by atoms with E-state index in [0.717, 1.165) is 28.7 Å². The molecule has 37 heavy (non-hydrogen) atoms. The third-order valence-corrected chi connectivity index (χ3v) is 9.38. The van der Waals surface area contributed by atoms with Crippen LogP contribution in [0.15, 0.2) is 23.6 Å². The van der Waals surface area contributed by atoms with Gasteiger partial charge in [0.1, 0.15) is 10.6 Å². The van der Waals surface area contributed by atoms with Gasteiger partial charge in [0.05, 0.1) is 12.0 Å². The van der Waals surface area contributed by atoms with Crippen molar-refractivity contribution in [2.24, 2.45) is 16.7 Å². The molecule has 1 aromatic carbocycles. The highest BCUT2D eigenvalue weighted by atomic mass is 32.1. The van der Waals surface area contributed by atoms with Gasteiger partial charge in [-0.25, -0.2) is 4.79 Å². The lowest BCUT2D eigenvalue weighted by Crippen LogP contribution is -2.59. The molecule has 1 aliphatic heterocycles. The normalized spacial score (nSPS) is 22.3. The molecule has 8 heteroatoms. The molecule has 2 fully saturated rings. The molecule has 2 heterocycles. The maximum atomic E-state index is 13.2. The summed E-state index contributed by atoms with van der Waals surface area (Å²) >= 11 is 1.29. The molecule has 2 aliphatic rings. The molecule has 1 saturated carbocycles. The van der Waals surface area contributed by atoms with Crippen LogP contribution in [0.25, 0.3) is 11.1 Å². The maximum Gasteiger partial charge on any atom is 0.341 e. The zero-order valence-corrected chi connectivity index (χ0v) is 23.3. The Morgan fingerprint density at radius 3 is 2.57 bits per heavy atom. The Morgan fingerprint density at radius 1 is 1.16 bits per heavy atom. The quantitative estimate of drug-likeness (QED) is 0.351. The molecular weight excluding hydrogens is 488 g/mol. The van der Waals surface area contributed by atoms with Gasteiger partial charge >= 0.3 is 5.97 Å². The van der Waals surface area contributed by atoms with Crippen molar-refractivity contribution in [1.82, 2.24) is 4.90 Å². The predicted octanol–water partition coefficient (Wildman–Crippen LogP) is 5.74. The van der Waals surface area contributed by atoms with Crippen LogP contribution in [0.1, 0.15) is 74.9 Å². The van der Waals surface area contributed by atoms with Crippen LogP contribution in [0.4, 0.5) is 5.00 Å². The lowest BCUT2D eigenvalue weighted by molar-refractivity contribution is -0.168. The van der Waals surface area contributed by atoms with Gasteiger partial charge in [0.25, 0.3) is 0 Å². The van der Waals surface area contributed by atoms with E-state index in [1.165, 1.54) is 16.2 Å². The number of ether oxygens (including phenoxy) is 1. The van der Waals surface area contributed by atoms with Crippen molar-refractivity contribution in [2.75, 3.05) is 18.5 Å². The Labute approximate surface area is 222 Å². The molecule has 1 aliphatic carbocycles. The number of imide groups is 1. The van der Waals surface area contributed by atoms with Gasteiger partial charge < -0.3 is 10.1 Å². The molecular formula is C29H36N2O5S. The minimum absolute atomic E-state index is 0.119. The van der Waals surface area contributed by atoms with Crippen LogP contribution in [-0.2, 0) is 19.1 Å². The lowest BCUT2D eigenvalue weighted by atomic mass is 9.62. The molecule has 1 saturated heterocycles. The van der Waals surface area contributed by atoms with E-state index in [1.807, 2.05) is 52.1 Å². The average molecular weight is 525 g/mol. The molecule has 2 atom stereocenters. The zero-order chi connectivity index (χ0) is 27.1. The number of piperidine rings is 1. The van der Waals surface area contributed by atoms with Crippen molar-refractivity contribution in [2.45, 2.75) is 67.2 Å². The largest absolute Gasteiger partial charge is 0.462 e. The average Bonchev–Trinajstić information content (AvgIpc) is 3.31. The number of hydrogen-bond donors (Lipinski definition) is 1. The summed E-state index contributed by atoms with van der Waals surface area (Å²) < 4.78 is 5.31. The van der Waals surface area contributed by atoms with Gasteiger partial charge in [0.15, 0.2) is 0 Å². The van der Waals surface area contributed by atoms with Crippen molar-refractivity contribution in [1.29, 1.82) is 0 Å².